The molecule has 1 unspecified atom stereocenters. The molecule has 0 bridgehead atoms. The summed E-state index contributed by atoms with van der Waals surface area (Å²) < 4.78 is 5.70. The molecule has 0 N–H and O–H groups in total. The van der Waals surface area contributed by atoms with Crippen molar-refractivity contribution in [3.8, 4) is 5.75 Å². The summed E-state index contributed by atoms with van der Waals surface area (Å²) in [5.74, 6) is 1.37. The number of carbonyl (C=O) groups excluding carboxylic acids is 1. The van der Waals surface area contributed by atoms with Gasteiger partial charge in [-0.3, -0.25) is 4.79 Å². The number of ether oxygens (including phenoxy) is 1. The monoisotopic (exact) mass is 356 g/mol. The number of rotatable bonds is 7. The predicted octanol–water partition coefficient (Wildman–Crippen LogP) is 4.57. The Morgan fingerprint density at radius 2 is 1.92 bits per heavy atom. The van der Waals surface area contributed by atoms with Crippen molar-refractivity contribution < 1.29 is 9.53 Å². The molecule has 0 radical (unpaired) electrons. The third kappa shape index (κ3) is 6.27. The summed E-state index contributed by atoms with van der Waals surface area (Å²) in [6.45, 7) is 6.96. The van der Waals surface area contributed by atoms with Crippen molar-refractivity contribution in [1.82, 2.24) is 0 Å². The molecule has 2 aromatic carbocycles. The number of halogens is 1. The normalized spacial score (nSPS) is 10.9. The van der Waals surface area contributed by atoms with Crippen LogP contribution in [0.1, 0.15) is 36.2 Å². The van der Waals surface area contributed by atoms with Crippen molar-refractivity contribution in [2.75, 3.05) is 6.61 Å². The van der Waals surface area contributed by atoms with Crippen molar-refractivity contribution >= 4 is 49.9 Å². The van der Waals surface area contributed by atoms with E-state index in [0.717, 1.165) is 28.6 Å². The molecule has 0 spiro atoms. The van der Waals surface area contributed by atoms with Gasteiger partial charge in [0.2, 0.25) is 0 Å². The molecular formula is C19H23ClLiO2P. The van der Waals surface area contributed by atoms with Gasteiger partial charge in [-0.1, -0.05) is 49.7 Å². The van der Waals surface area contributed by atoms with E-state index >= 15 is 0 Å². The molecular weight excluding hydrogens is 334 g/mol. The Labute approximate surface area is 163 Å². The number of hydrogen-bond acceptors (Lipinski definition) is 2. The predicted molar refractivity (Wildman–Crippen MR) is 107 cm³/mol. The Kier molecular flexibility index (Phi) is 9.10. The Morgan fingerprint density at radius 1 is 1.21 bits per heavy atom. The number of carbonyl (C=O) groups is 1. The summed E-state index contributed by atoms with van der Waals surface area (Å²) in [5, 5.41) is 1.45. The zero-order chi connectivity index (χ0) is 16.8. The quantitative estimate of drug-likeness (QED) is 0.536. The van der Waals surface area contributed by atoms with Gasteiger partial charge in [-0.05, 0) is 56.9 Å². The molecule has 0 heterocycles. The average molecular weight is 357 g/mol. The Morgan fingerprint density at radius 3 is 2.54 bits per heavy atom. The minimum absolute atomic E-state index is 0. The van der Waals surface area contributed by atoms with Crippen LogP contribution in [-0.2, 0) is 0 Å². The van der Waals surface area contributed by atoms with Crippen LogP contribution in [0.25, 0.3) is 0 Å². The van der Waals surface area contributed by atoms with Crippen LogP contribution in [0.15, 0.2) is 42.5 Å². The second-order valence-corrected chi connectivity index (χ2v) is 7.59. The Bertz CT molecular complexity index is 689. The van der Waals surface area contributed by atoms with E-state index in [4.69, 9.17) is 16.3 Å². The van der Waals surface area contributed by atoms with E-state index in [1.165, 1.54) is 0 Å². The summed E-state index contributed by atoms with van der Waals surface area (Å²) in [6.07, 6.45) is 1.01. The van der Waals surface area contributed by atoms with Gasteiger partial charge in [0, 0.05) is 5.56 Å². The van der Waals surface area contributed by atoms with Gasteiger partial charge in [0.15, 0.2) is 5.52 Å². The molecule has 2 aromatic rings. The van der Waals surface area contributed by atoms with Crippen LogP contribution in [0, 0.1) is 12.8 Å². The molecule has 0 aromatic heterocycles. The van der Waals surface area contributed by atoms with Gasteiger partial charge < -0.3 is 4.74 Å². The molecule has 0 aliphatic carbocycles. The fourth-order valence-corrected chi connectivity index (χ4v) is 3.45. The van der Waals surface area contributed by atoms with E-state index in [0.29, 0.717) is 17.5 Å². The second-order valence-electron chi connectivity index (χ2n) is 5.94. The average Bonchev–Trinajstić information content (AvgIpc) is 2.50. The van der Waals surface area contributed by atoms with Crippen LogP contribution in [0.2, 0.25) is 5.02 Å². The molecule has 0 fully saturated rings. The van der Waals surface area contributed by atoms with Crippen molar-refractivity contribution in [3.63, 3.8) is 0 Å². The van der Waals surface area contributed by atoms with Gasteiger partial charge in [-0.25, -0.2) is 0 Å². The Balaban J connectivity index is 0.00000288. The zero-order valence-electron chi connectivity index (χ0n) is 13.7. The van der Waals surface area contributed by atoms with Gasteiger partial charge in [0.05, 0.1) is 11.6 Å². The molecule has 24 heavy (non-hydrogen) atoms. The first-order valence-corrected chi connectivity index (χ1v) is 9.14. The van der Waals surface area contributed by atoms with Crippen molar-refractivity contribution in [2.24, 2.45) is 5.92 Å². The zero-order valence-corrected chi connectivity index (χ0v) is 15.5. The molecule has 0 saturated carbocycles. The van der Waals surface area contributed by atoms with Crippen molar-refractivity contribution in [1.29, 1.82) is 0 Å². The van der Waals surface area contributed by atoms with Crippen molar-refractivity contribution in [3.05, 3.63) is 58.6 Å². The summed E-state index contributed by atoms with van der Waals surface area (Å²) in [7, 11) is 0.0192. The summed E-state index contributed by atoms with van der Waals surface area (Å²) in [4.78, 5) is 12.4. The van der Waals surface area contributed by atoms with Gasteiger partial charge in [-0.2, -0.15) is 0 Å². The van der Waals surface area contributed by atoms with Gasteiger partial charge in [0.1, 0.15) is 5.75 Å². The maximum atomic E-state index is 12.4. The van der Waals surface area contributed by atoms with E-state index < -0.39 is 0 Å². The first kappa shape index (κ1) is 21.3. The molecule has 2 rings (SSSR count). The van der Waals surface area contributed by atoms with Crippen LogP contribution in [-0.4, -0.2) is 31.0 Å². The number of hydrogen-bond donors (Lipinski definition) is 0. The van der Waals surface area contributed by atoms with Crippen LogP contribution in [0.5, 0.6) is 5.75 Å². The summed E-state index contributed by atoms with van der Waals surface area (Å²) in [5.41, 5.74) is 1.87. The third-order valence-corrected chi connectivity index (χ3v) is 5.22. The summed E-state index contributed by atoms with van der Waals surface area (Å²) in [6, 6.07) is 13.2. The molecule has 0 aliphatic heterocycles. The summed E-state index contributed by atoms with van der Waals surface area (Å²) >= 11 is 6.32. The third-order valence-electron chi connectivity index (χ3n) is 3.54. The van der Waals surface area contributed by atoms with E-state index in [1.807, 2.05) is 43.3 Å². The minimum atomic E-state index is 0. The molecule has 0 aliphatic rings. The molecule has 0 amide bonds. The SMILES string of the molecule is Cc1ccccc1C(=O)Pc1ccc(OCCC(C)C)cc1Cl.[LiH]. The first-order valence-electron chi connectivity index (χ1n) is 7.76. The molecule has 124 valence electrons. The molecule has 1 atom stereocenters. The van der Waals surface area contributed by atoms with Gasteiger partial charge in [0.25, 0.3) is 0 Å². The first-order chi connectivity index (χ1) is 11.0. The van der Waals surface area contributed by atoms with E-state index in [-0.39, 0.29) is 33.0 Å². The van der Waals surface area contributed by atoms with Crippen LogP contribution >= 0.6 is 20.2 Å². The topological polar surface area (TPSA) is 26.3 Å². The second kappa shape index (κ2) is 10.3. The maximum absolute atomic E-state index is 12.4. The fraction of sp³-hybridized carbons (Fsp3) is 0.316. The van der Waals surface area contributed by atoms with Crippen LogP contribution in [0.3, 0.4) is 0 Å². The van der Waals surface area contributed by atoms with Crippen LogP contribution in [0.4, 0.5) is 0 Å². The number of benzene rings is 2. The van der Waals surface area contributed by atoms with Gasteiger partial charge in [-0.15, -0.1) is 0 Å². The van der Waals surface area contributed by atoms with Gasteiger partial charge >= 0.3 is 18.9 Å². The van der Waals surface area contributed by atoms with Crippen LogP contribution < -0.4 is 10.0 Å². The molecule has 5 heteroatoms. The standard InChI is InChI=1S/C19H22ClO2P.Li.H/c1-13(2)10-11-22-15-8-9-18(17(20)12-15)23-19(21)16-7-5-4-6-14(16)3;;/h4-9,12-13,23H,10-11H2,1-3H3;;. The van der Waals surface area contributed by atoms with Crippen molar-refractivity contribution in [2.45, 2.75) is 27.2 Å². The van der Waals surface area contributed by atoms with E-state index in [9.17, 15) is 4.79 Å². The van der Waals surface area contributed by atoms with E-state index in [1.54, 1.807) is 6.07 Å². The molecule has 0 saturated heterocycles. The molecule has 2 nitrogen and oxygen atoms in total. The fourth-order valence-electron chi connectivity index (χ4n) is 2.12. The van der Waals surface area contributed by atoms with E-state index in [2.05, 4.69) is 13.8 Å². The Hall–Kier alpha value is -0.773. The number of aryl methyl sites for hydroxylation is 1.